The molecule has 0 aliphatic carbocycles. The number of nitrogens with one attached hydrogen (secondary N) is 1. The van der Waals surface area contributed by atoms with E-state index in [2.05, 4.69) is 26.5 Å². The molecule has 8 heteroatoms. The average molecular weight is 404 g/mol. The summed E-state index contributed by atoms with van der Waals surface area (Å²) in [4.78, 5) is 11.7. The van der Waals surface area contributed by atoms with Crippen molar-refractivity contribution in [3.63, 3.8) is 0 Å². The number of aromatic hydroxyl groups is 1. The number of hydrazone groups is 1. The quantitative estimate of drug-likeness (QED) is 0.569. The fourth-order valence-corrected chi connectivity index (χ4v) is 2.23. The number of nitrogens with zero attached hydrogens (tertiary/aromatic N) is 2. The minimum atomic E-state index is -0.450. The number of nitriles is 1. The summed E-state index contributed by atoms with van der Waals surface area (Å²) < 4.78 is 10.9. The largest absolute Gasteiger partial charge is 0.504 e. The predicted octanol–water partition coefficient (Wildman–Crippen LogP) is 2.56. The van der Waals surface area contributed by atoms with E-state index in [9.17, 15) is 9.90 Å². The van der Waals surface area contributed by atoms with Crippen molar-refractivity contribution >= 4 is 28.1 Å². The number of amides is 1. The molecule has 25 heavy (non-hydrogen) atoms. The van der Waals surface area contributed by atoms with Gasteiger partial charge in [0.2, 0.25) is 0 Å². The van der Waals surface area contributed by atoms with E-state index in [0.29, 0.717) is 27.1 Å². The van der Waals surface area contributed by atoms with Gasteiger partial charge < -0.3 is 14.6 Å². The molecule has 2 rings (SSSR count). The first-order chi connectivity index (χ1) is 12.0. The highest BCUT2D eigenvalue weighted by Gasteiger charge is 2.07. The molecule has 0 saturated heterocycles. The van der Waals surface area contributed by atoms with Crippen molar-refractivity contribution in [1.29, 1.82) is 5.26 Å². The van der Waals surface area contributed by atoms with Crippen LogP contribution in [-0.2, 0) is 4.79 Å². The van der Waals surface area contributed by atoms with Gasteiger partial charge in [-0.3, -0.25) is 4.79 Å². The zero-order valence-corrected chi connectivity index (χ0v) is 14.8. The van der Waals surface area contributed by atoms with E-state index in [1.54, 1.807) is 30.3 Å². The van der Waals surface area contributed by atoms with E-state index >= 15 is 0 Å². The van der Waals surface area contributed by atoms with Crippen LogP contribution >= 0.6 is 15.9 Å². The Bertz CT molecular complexity index is 829. The Labute approximate surface area is 152 Å². The predicted molar refractivity (Wildman–Crippen MR) is 94.7 cm³/mol. The smallest absolute Gasteiger partial charge is 0.277 e. The summed E-state index contributed by atoms with van der Waals surface area (Å²) in [5, 5.41) is 22.3. The molecule has 2 aromatic carbocycles. The third-order valence-corrected chi connectivity index (χ3v) is 3.73. The second kappa shape index (κ2) is 8.70. The third kappa shape index (κ3) is 5.22. The van der Waals surface area contributed by atoms with Crippen LogP contribution in [0.3, 0.4) is 0 Å². The number of carbonyl (C=O) groups is 1. The highest BCUT2D eigenvalue weighted by atomic mass is 79.9. The number of hydrogen-bond acceptors (Lipinski definition) is 6. The summed E-state index contributed by atoms with van der Waals surface area (Å²) in [6, 6.07) is 11.4. The second-order valence-electron chi connectivity index (χ2n) is 4.76. The minimum Gasteiger partial charge on any atom is -0.504 e. The Morgan fingerprint density at radius 2 is 2.12 bits per heavy atom. The summed E-state index contributed by atoms with van der Waals surface area (Å²) in [6.07, 6.45) is 1.38. The molecule has 0 saturated carbocycles. The van der Waals surface area contributed by atoms with Crippen molar-refractivity contribution in [2.24, 2.45) is 5.10 Å². The maximum absolute atomic E-state index is 11.7. The van der Waals surface area contributed by atoms with Crippen LogP contribution in [0.1, 0.15) is 11.1 Å². The first-order valence-corrected chi connectivity index (χ1v) is 7.84. The highest BCUT2D eigenvalue weighted by molar-refractivity contribution is 9.10. The van der Waals surface area contributed by atoms with Gasteiger partial charge in [0.05, 0.1) is 25.0 Å². The first-order valence-electron chi connectivity index (χ1n) is 7.05. The van der Waals surface area contributed by atoms with Gasteiger partial charge in [0.1, 0.15) is 5.75 Å². The van der Waals surface area contributed by atoms with Gasteiger partial charge in [0.15, 0.2) is 18.1 Å². The van der Waals surface area contributed by atoms with Gasteiger partial charge >= 0.3 is 0 Å². The highest BCUT2D eigenvalue weighted by Crippen LogP contribution is 2.31. The number of methoxy groups -OCH3 is 1. The second-order valence-corrected chi connectivity index (χ2v) is 5.62. The lowest BCUT2D eigenvalue weighted by Gasteiger charge is -2.06. The molecule has 7 nitrogen and oxygen atoms in total. The number of rotatable bonds is 6. The van der Waals surface area contributed by atoms with Crippen LogP contribution in [0.2, 0.25) is 0 Å². The Hall–Kier alpha value is -3.05. The first kappa shape index (κ1) is 18.3. The average Bonchev–Trinajstić information content (AvgIpc) is 2.63. The number of carbonyl (C=O) groups excluding carboxylic acids is 1. The molecule has 0 aliphatic rings. The SMILES string of the molecule is COc1cc(Br)c(/C=N\NC(=O)COc2ccc(C#N)cc2)cc1O. The fraction of sp³-hybridized carbons (Fsp3) is 0.118. The Morgan fingerprint density at radius 1 is 1.40 bits per heavy atom. The van der Waals surface area contributed by atoms with Gasteiger partial charge in [-0.1, -0.05) is 0 Å². The van der Waals surface area contributed by atoms with Crippen LogP contribution in [0.15, 0.2) is 46.0 Å². The van der Waals surface area contributed by atoms with Gasteiger partial charge in [-0.25, -0.2) is 5.43 Å². The molecular weight excluding hydrogens is 390 g/mol. The molecule has 128 valence electrons. The van der Waals surface area contributed by atoms with Crippen LogP contribution in [0.5, 0.6) is 17.2 Å². The molecule has 0 radical (unpaired) electrons. The lowest BCUT2D eigenvalue weighted by Crippen LogP contribution is -2.24. The monoisotopic (exact) mass is 403 g/mol. The normalized spacial score (nSPS) is 10.3. The van der Waals surface area contributed by atoms with Gasteiger partial charge in [0.25, 0.3) is 5.91 Å². The van der Waals surface area contributed by atoms with E-state index in [-0.39, 0.29) is 12.4 Å². The lowest BCUT2D eigenvalue weighted by atomic mass is 10.2. The van der Waals surface area contributed by atoms with Crippen molar-refractivity contribution in [3.8, 4) is 23.3 Å². The van der Waals surface area contributed by atoms with Crippen LogP contribution in [0.4, 0.5) is 0 Å². The van der Waals surface area contributed by atoms with Crippen LogP contribution < -0.4 is 14.9 Å². The Morgan fingerprint density at radius 3 is 2.76 bits per heavy atom. The van der Waals surface area contributed by atoms with Crippen molar-refractivity contribution in [2.75, 3.05) is 13.7 Å². The molecule has 0 aliphatic heterocycles. The number of phenols is 1. The molecule has 0 unspecified atom stereocenters. The summed E-state index contributed by atoms with van der Waals surface area (Å²) in [5.74, 6) is 0.307. The number of ether oxygens (including phenoxy) is 2. The van der Waals surface area contributed by atoms with Gasteiger partial charge in [0, 0.05) is 10.0 Å². The molecule has 0 aromatic heterocycles. The van der Waals surface area contributed by atoms with Crippen LogP contribution in [0, 0.1) is 11.3 Å². The number of hydrogen-bond donors (Lipinski definition) is 2. The minimum absolute atomic E-state index is 0.0392. The van der Waals surface area contributed by atoms with Crippen molar-refractivity contribution in [2.45, 2.75) is 0 Å². The fourth-order valence-electron chi connectivity index (χ4n) is 1.80. The maximum atomic E-state index is 11.7. The summed E-state index contributed by atoms with van der Waals surface area (Å²) in [5.41, 5.74) is 3.39. The topological polar surface area (TPSA) is 104 Å². The van der Waals surface area contributed by atoms with E-state index < -0.39 is 5.91 Å². The molecule has 0 heterocycles. The molecule has 0 bridgehead atoms. The number of phenolic OH excluding ortho intramolecular Hbond substituents is 1. The Kier molecular flexibility index (Phi) is 6.37. The van der Waals surface area contributed by atoms with Crippen LogP contribution in [-0.4, -0.2) is 30.9 Å². The molecule has 1 amide bonds. The van der Waals surface area contributed by atoms with Crippen molar-refractivity contribution < 1.29 is 19.4 Å². The zero-order chi connectivity index (χ0) is 18.2. The van der Waals surface area contributed by atoms with Crippen LogP contribution in [0.25, 0.3) is 0 Å². The summed E-state index contributed by atoms with van der Waals surface area (Å²) in [7, 11) is 1.45. The van der Waals surface area contributed by atoms with Gasteiger partial charge in [-0.15, -0.1) is 0 Å². The van der Waals surface area contributed by atoms with E-state index in [0.717, 1.165) is 0 Å². The van der Waals surface area contributed by atoms with E-state index in [1.807, 2.05) is 6.07 Å². The molecule has 0 fully saturated rings. The summed E-state index contributed by atoms with van der Waals surface area (Å²) in [6.45, 7) is -0.224. The van der Waals surface area contributed by atoms with E-state index in [1.165, 1.54) is 19.4 Å². The van der Waals surface area contributed by atoms with Gasteiger partial charge in [-0.05, 0) is 52.3 Å². The van der Waals surface area contributed by atoms with Crippen molar-refractivity contribution in [1.82, 2.24) is 5.43 Å². The van der Waals surface area contributed by atoms with Crippen molar-refractivity contribution in [3.05, 3.63) is 52.0 Å². The maximum Gasteiger partial charge on any atom is 0.277 e. The Balaban J connectivity index is 1.88. The molecule has 2 N–H and O–H groups in total. The van der Waals surface area contributed by atoms with Gasteiger partial charge in [-0.2, -0.15) is 10.4 Å². The molecule has 2 aromatic rings. The third-order valence-electron chi connectivity index (χ3n) is 3.04. The number of halogens is 1. The number of benzene rings is 2. The summed E-state index contributed by atoms with van der Waals surface area (Å²) >= 11 is 3.32. The molecule has 0 atom stereocenters. The molecular formula is C17H14BrN3O4. The molecule has 0 spiro atoms. The van der Waals surface area contributed by atoms with E-state index in [4.69, 9.17) is 14.7 Å². The lowest BCUT2D eigenvalue weighted by molar-refractivity contribution is -0.123. The zero-order valence-electron chi connectivity index (χ0n) is 13.2. The standard InChI is InChI=1S/C17H14BrN3O4/c1-24-16-7-14(18)12(6-15(16)22)9-20-21-17(23)10-25-13-4-2-11(8-19)3-5-13/h2-7,9,22H,10H2,1H3,(H,21,23)/b20-9-.